The molecule has 0 aromatic heterocycles. The fraction of sp³-hybridized carbons (Fsp3) is 0.667. The van der Waals surface area contributed by atoms with E-state index < -0.39 is 51.9 Å². The fourth-order valence-electron chi connectivity index (χ4n) is 3.03. The van der Waals surface area contributed by atoms with Crippen LogP contribution in [-0.4, -0.2) is 63.9 Å². The summed E-state index contributed by atoms with van der Waals surface area (Å²) in [6.07, 6.45) is -0.193. The Hall–Kier alpha value is 3.36. The SMILES string of the molecule is CC(Cc1cc(CC(C)P(=O)([O-])[O-])cc(CN(C)C(CO)(CO)CO)c1)P(=O)([O-])[O-].[Na+].[Na+].[Na+].[Na+]. The summed E-state index contributed by atoms with van der Waals surface area (Å²) < 4.78 is 22.6. The molecule has 0 bridgehead atoms. The van der Waals surface area contributed by atoms with Gasteiger partial charge in [-0.15, -0.1) is 0 Å². The summed E-state index contributed by atoms with van der Waals surface area (Å²) in [5, 5.41) is 28.8. The van der Waals surface area contributed by atoms with E-state index in [1.165, 1.54) is 18.7 Å². The minimum Gasteiger partial charge on any atom is -0.811 e. The predicted molar refractivity (Wildman–Crippen MR) is 103 cm³/mol. The second kappa shape index (κ2) is 19.4. The topological polar surface area (TPSA) is 190 Å². The summed E-state index contributed by atoms with van der Waals surface area (Å²) in [6.45, 7) is 1.09. The molecular weight excluding hydrogens is 528 g/mol. The van der Waals surface area contributed by atoms with Gasteiger partial charge < -0.3 is 44.0 Å². The first-order valence-electron chi connectivity index (χ1n) is 9.37. The maximum Gasteiger partial charge on any atom is 1.00 e. The number of aliphatic hydroxyl groups is 3. The summed E-state index contributed by atoms with van der Waals surface area (Å²) in [7, 11) is -8.10. The Kier molecular flexibility index (Phi) is 25.4. The monoisotopic (exact) mass is 557 g/mol. The average molecular weight is 557 g/mol. The van der Waals surface area contributed by atoms with Gasteiger partial charge in [0.05, 0.1) is 25.4 Å². The first-order valence-corrected chi connectivity index (χ1v) is 12.6. The van der Waals surface area contributed by atoms with Crippen molar-refractivity contribution in [3.05, 3.63) is 34.9 Å². The molecule has 1 rings (SSSR count). The molecule has 2 atom stereocenters. The Labute approximate surface area is 290 Å². The number of aliphatic hydroxyl groups excluding tert-OH is 3. The molecule has 0 saturated carbocycles. The van der Waals surface area contributed by atoms with E-state index in [4.69, 9.17) is 0 Å². The van der Waals surface area contributed by atoms with Crippen LogP contribution in [0.1, 0.15) is 30.5 Å². The first kappa shape index (κ1) is 44.4. The normalized spacial score (nSPS) is 13.6. The van der Waals surface area contributed by atoms with Gasteiger partial charge in [0.2, 0.25) is 0 Å². The number of benzene rings is 1. The third kappa shape index (κ3) is 14.1. The Morgan fingerprint density at radius 2 is 1.06 bits per heavy atom. The van der Waals surface area contributed by atoms with Crippen molar-refractivity contribution in [3.63, 3.8) is 0 Å². The van der Waals surface area contributed by atoms with Crippen molar-refractivity contribution in [2.24, 2.45) is 0 Å². The predicted octanol–water partition coefficient (Wildman–Crippen LogP) is -14.5. The van der Waals surface area contributed by atoms with Crippen molar-refractivity contribution in [1.82, 2.24) is 4.90 Å². The van der Waals surface area contributed by atoms with Crippen LogP contribution in [0.2, 0.25) is 0 Å². The quantitative estimate of drug-likeness (QED) is 0.164. The van der Waals surface area contributed by atoms with Gasteiger partial charge in [-0.25, -0.2) is 0 Å². The zero-order valence-electron chi connectivity index (χ0n) is 21.3. The summed E-state index contributed by atoms with van der Waals surface area (Å²) in [4.78, 5) is 46.7. The molecule has 0 aliphatic heterocycles. The molecule has 34 heavy (non-hydrogen) atoms. The van der Waals surface area contributed by atoms with Gasteiger partial charge in [-0.3, -0.25) is 4.90 Å². The van der Waals surface area contributed by atoms with Gasteiger partial charge in [-0.1, -0.05) is 47.2 Å². The molecule has 1 aromatic carbocycles. The van der Waals surface area contributed by atoms with Crippen LogP contribution < -0.4 is 138 Å². The standard InChI is InChI=1S/C18H33NO9P2.4Na/c1-13(29(23,24)25)4-15-6-16(5-14(2)30(26,27)28)8-17(7-15)9-19(3)18(10-20,11-21)12-22;;;;/h6-8,13-14,20-22H,4-5,9-12H2,1-3H3,(H2,23,24,25)(H2,26,27,28);;;;/q;4*+1/p-4. The average Bonchev–Trinajstić information content (AvgIpc) is 2.61. The van der Waals surface area contributed by atoms with E-state index in [-0.39, 0.29) is 138 Å². The van der Waals surface area contributed by atoms with E-state index in [2.05, 4.69) is 0 Å². The fourth-order valence-corrected chi connectivity index (χ4v) is 3.89. The second-order valence-electron chi connectivity index (χ2n) is 7.90. The van der Waals surface area contributed by atoms with E-state index in [0.29, 0.717) is 16.7 Å². The van der Waals surface area contributed by atoms with Crippen LogP contribution in [0.4, 0.5) is 0 Å². The van der Waals surface area contributed by atoms with Gasteiger partial charge in [0, 0.05) is 6.54 Å². The smallest absolute Gasteiger partial charge is 0.811 e. The third-order valence-corrected chi connectivity index (χ3v) is 7.89. The Bertz CT molecular complexity index is 749. The molecule has 3 N–H and O–H groups in total. The van der Waals surface area contributed by atoms with E-state index >= 15 is 0 Å². The zero-order chi connectivity index (χ0) is 23.3. The van der Waals surface area contributed by atoms with Crippen LogP contribution in [0.3, 0.4) is 0 Å². The molecule has 1 aromatic rings. The van der Waals surface area contributed by atoms with Crippen molar-refractivity contribution >= 4 is 15.2 Å². The summed E-state index contributed by atoms with van der Waals surface area (Å²) in [5.41, 5.74) is -2.17. The molecular formula is C18H29NNa4O9P2. The number of nitrogens with zero attached hydrogens (tertiary/aromatic N) is 1. The van der Waals surface area contributed by atoms with Gasteiger partial charge >= 0.3 is 118 Å². The first-order chi connectivity index (χ1) is 13.7. The van der Waals surface area contributed by atoms with Crippen LogP contribution in [0.25, 0.3) is 0 Å². The Balaban J connectivity index is -0.00000112. The summed E-state index contributed by atoms with van der Waals surface area (Å²) in [5.74, 6) is 0. The molecule has 0 amide bonds. The van der Waals surface area contributed by atoms with Gasteiger partial charge in [0.15, 0.2) is 0 Å². The molecule has 2 unspecified atom stereocenters. The van der Waals surface area contributed by atoms with E-state index in [9.17, 15) is 44.0 Å². The third-order valence-electron chi connectivity index (χ3n) is 5.37. The summed E-state index contributed by atoms with van der Waals surface area (Å²) in [6, 6.07) is 4.81. The number of likely N-dealkylation sites (N-methyl/N-ethyl adjacent to an activating group) is 1. The van der Waals surface area contributed by atoms with Crippen LogP contribution in [0.15, 0.2) is 18.2 Å². The number of hydrogen-bond acceptors (Lipinski definition) is 10. The Morgan fingerprint density at radius 3 is 1.32 bits per heavy atom. The van der Waals surface area contributed by atoms with Gasteiger partial charge in [-0.05, 0) is 47.9 Å². The molecule has 0 aliphatic rings. The minimum absolute atomic E-state index is 0. The largest absolute Gasteiger partial charge is 1.00 e. The van der Waals surface area contributed by atoms with Gasteiger partial charge in [0.25, 0.3) is 0 Å². The van der Waals surface area contributed by atoms with Crippen molar-refractivity contribution in [2.45, 2.75) is 50.1 Å². The van der Waals surface area contributed by atoms with E-state index in [1.807, 2.05) is 0 Å². The molecule has 16 heteroatoms. The second-order valence-corrected chi connectivity index (χ2v) is 11.8. The maximum atomic E-state index is 11.3. The van der Waals surface area contributed by atoms with Gasteiger partial charge in [0.1, 0.15) is 0 Å². The number of rotatable bonds is 12. The van der Waals surface area contributed by atoms with Crippen LogP contribution in [0, 0.1) is 0 Å². The molecule has 0 aliphatic carbocycles. The van der Waals surface area contributed by atoms with E-state index in [1.54, 1.807) is 25.2 Å². The van der Waals surface area contributed by atoms with Crippen LogP contribution in [-0.2, 0) is 28.5 Å². The van der Waals surface area contributed by atoms with Crippen LogP contribution in [0.5, 0.6) is 0 Å². The molecule has 174 valence electrons. The molecule has 10 nitrogen and oxygen atoms in total. The zero-order valence-corrected chi connectivity index (χ0v) is 31.1. The summed E-state index contributed by atoms with van der Waals surface area (Å²) >= 11 is 0. The minimum atomic E-state index is -4.83. The van der Waals surface area contributed by atoms with E-state index in [0.717, 1.165) is 0 Å². The molecule has 0 heterocycles. The van der Waals surface area contributed by atoms with Crippen LogP contribution >= 0.6 is 15.2 Å². The van der Waals surface area contributed by atoms with Crippen molar-refractivity contribution in [1.29, 1.82) is 0 Å². The van der Waals surface area contributed by atoms with Crippen molar-refractivity contribution in [3.8, 4) is 0 Å². The molecule has 0 spiro atoms. The number of hydrogen-bond donors (Lipinski definition) is 3. The Morgan fingerprint density at radius 1 is 0.765 bits per heavy atom. The molecule has 0 saturated heterocycles. The van der Waals surface area contributed by atoms with Crippen molar-refractivity contribution < 1.29 is 162 Å². The molecule has 0 fully saturated rings. The molecule has 0 radical (unpaired) electrons. The maximum absolute atomic E-state index is 11.3. The van der Waals surface area contributed by atoms with Gasteiger partial charge in [-0.2, -0.15) is 0 Å². The van der Waals surface area contributed by atoms with Crippen molar-refractivity contribution in [2.75, 3.05) is 26.9 Å².